The van der Waals surface area contributed by atoms with E-state index in [4.69, 9.17) is 0 Å². The van der Waals surface area contributed by atoms with E-state index >= 15 is 0 Å². The molecule has 1 heterocycles. The van der Waals surface area contributed by atoms with Gasteiger partial charge in [0.15, 0.2) is 0 Å². The number of hydrogen-bond acceptors (Lipinski definition) is 2. The summed E-state index contributed by atoms with van der Waals surface area (Å²) in [5, 5.41) is 2.94. The molecule has 0 aromatic heterocycles. The van der Waals surface area contributed by atoms with Gasteiger partial charge in [0.25, 0.3) is 11.8 Å². The highest BCUT2D eigenvalue weighted by molar-refractivity contribution is 6.06. The molecule has 2 aromatic carbocycles. The molecule has 1 atom stereocenters. The quantitative estimate of drug-likeness (QED) is 0.890. The summed E-state index contributed by atoms with van der Waals surface area (Å²) in [4.78, 5) is 27.3. The molecule has 136 valence electrons. The van der Waals surface area contributed by atoms with Crippen LogP contribution in [0.5, 0.6) is 0 Å². The number of nitrogens with one attached hydrogen (secondary N) is 1. The lowest BCUT2D eigenvalue weighted by molar-refractivity contribution is 0.0683. The topological polar surface area (TPSA) is 49.4 Å². The number of nitrogens with zero attached hydrogens (tertiary/aromatic N) is 1. The van der Waals surface area contributed by atoms with E-state index in [1.54, 1.807) is 24.3 Å². The van der Waals surface area contributed by atoms with Crippen molar-refractivity contribution >= 4 is 17.5 Å². The molecule has 2 amide bonds. The van der Waals surface area contributed by atoms with E-state index in [1.165, 1.54) is 6.42 Å². The van der Waals surface area contributed by atoms with Crippen LogP contribution in [-0.4, -0.2) is 29.8 Å². The number of piperidine rings is 1. The molecule has 1 saturated heterocycles. The highest BCUT2D eigenvalue weighted by atomic mass is 16.2. The Morgan fingerprint density at radius 2 is 1.85 bits per heavy atom. The second-order valence-corrected chi connectivity index (χ2v) is 7.35. The van der Waals surface area contributed by atoms with Gasteiger partial charge in [0.05, 0.1) is 0 Å². The number of anilines is 1. The van der Waals surface area contributed by atoms with Gasteiger partial charge in [0, 0.05) is 29.9 Å². The standard InChI is InChI=1S/C22H26N2O2/c1-15-9-10-20(17(3)12-15)23-21(25)18-7-4-8-19(13-18)22(26)24-11-5-6-16(2)14-24/h4,7-10,12-13,16H,5-6,11,14H2,1-3H3,(H,23,25). The summed E-state index contributed by atoms with van der Waals surface area (Å²) in [6, 6.07) is 12.9. The molecular weight excluding hydrogens is 324 g/mol. The van der Waals surface area contributed by atoms with Gasteiger partial charge >= 0.3 is 0 Å². The van der Waals surface area contributed by atoms with E-state index in [1.807, 2.05) is 36.9 Å². The van der Waals surface area contributed by atoms with Crippen LogP contribution in [-0.2, 0) is 0 Å². The highest BCUT2D eigenvalue weighted by Gasteiger charge is 2.22. The van der Waals surface area contributed by atoms with Crippen LogP contribution in [0, 0.1) is 19.8 Å². The van der Waals surface area contributed by atoms with E-state index in [0.29, 0.717) is 17.0 Å². The fourth-order valence-corrected chi connectivity index (χ4v) is 3.50. The van der Waals surface area contributed by atoms with Crippen LogP contribution in [0.25, 0.3) is 0 Å². The zero-order chi connectivity index (χ0) is 18.7. The van der Waals surface area contributed by atoms with Gasteiger partial charge in [-0.2, -0.15) is 0 Å². The van der Waals surface area contributed by atoms with Gasteiger partial charge in [0.2, 0.25) is 0 Å². The lowest BCUT2D eigenvalue weighted by atomic mass is 9.99. The Morgan fingerprint density at radius 1 is 1.08 bits per heavy atom. The van der Waals surface area contributed by atoms with Crippen molar-refractivity contribution in [2.45, 2.75) is 33.6 Å². The minimum Gasteiger partial charge on any atom is -0.338 e. The number of hydrogen-bond donors (Lipinski definition) is 1. The molecule has 1 fully saturated rings. The van der Waals surface area contributed by atoms with E-state index in [9.17, 15) is 9.59 Å². The number of aryl methyl sites for hydroxylation is 2. The van der Waals surface area contributed by atoms with Crippen molar-refractivity contribution in [1.29, 1.82) is 0 Å². The molecule has 1 N–H and O–H groups in total. The molecule has 0 radical (unpaired) electrons. The lowest BCUT2D eigenvalue weighted by Gasteiger charge is -2.31. The average Bonchev–Trinajstić information content (AvgIpc) is 2.63. The maximum atomic E-state index is 12.8. The van der Waals surface area contributed by atoms with Crippen molar-refractivity contribution in [2.24, 2.45) is 5.92 Å². The van der Waals surface area contributed by atoms with Crippen molar-refractivity contribution < 1.29 is 9.59 Å². The van der Waals surface area contributed by atoms with Crippen LogP contribution in [0.15, 0.2) is 42.5 Å². The smallest absolute Gasteiger partial charge is 0.255 e. The molecule has 0 bridgehead atoms. The SMILES string of the molecule is Cc1ccc(NC(=O)c2cccc(C(=O)N3CCCC(C)C3)c2)c(C)c1. The van der Waals surface area contributed by atoms with E-state index < -0.39 is 0 Å². The predicted octanol–water partition coefficient (Wildman–Crippen LogP) is 4.43. The first-order valence-corrected chi connectivity index (χ1v) is 9.22. The summed E-state index contributed by atoms with van der Waals surface area (Å²) < 4.78 is 0. The van der Waals surface area contributed by atoms with Gasteiger partial charge in [-0.3, -0.25) is 9.59 Å². The minimum absolute atomic E-state index is 0.0118. The first-order valence-electron chi connectivity index (χ1n) is 9.22. The van der Waals surface area contributed by atoms with E-state index in [-0.39, 0.29) is 11.8 Å². The van der Waals surface area contributed by atoms with Gasteiger partial charge in [-0.05, 0) is 62.4 Å². The maximum absolute atomic E-state index is 12.8. The number of carbonyl (C=O) groups excluding carboxylic acids is 2. The van der Waals surface area contributed by atoms with Crippen LogP contribution in [0.1, 0.15) is 51.6 Å². The Balaban J connectivity index is 1.75. The van der Waals surface area contributed by atoms with Crippen LogP contribution in [0.3, 0.4) is 0 Å². The maximum Gasteiger partial charge on any atom is 0.255 e. The molecular formula is C22H26N2O2. The Labute approximate surface area is 155 Å². The van der Waals surface area contributed by atoms with Crippen molar-refractivity contribution in [3.8, 4) is 0 Å². The lowest BCUT2D eigenvalue weighted by Crippen LogP contribution is -2.39. The van der Waals surface area contributed by atoms with Crippen molar-refractivity contribution in [3.63, 3.8) is 0 Å². The van der Waals surface area contributed by atoms with Crippen LogP contribution in [0.4, 0.5) is 5.69 Å². The summed E-state index contributed by atoms with van der Waals surface area (Å²) in [6.45, 7) is 7.75. The molecule has 0 spiro atoms. The molecule has 2 aromatic rings. The van der Waals surface area contributed by atoms with Crippen LogP contribution >= 0.6 is 0 Å². The normalized spacial score (nSPS) is 17.0. The molecule has 0 aliphatic carbocycles. The molecule has 0 saturated carbocycles. The fraction of sp³-hybridized carbons (Fsp3) is 0.364. The van der Waals surface area contributed by atoms with E-state index in [0.717, 1.165) is 36.3 Å². The van der Waals surface area contributed by atoms with Crippen molar-refractivity contribution in [2.75, 3.05) is 18.4 Å². The molecule has 1 unspecified atom stereocenters. The first-order chi connectivity index (χ1) is 12.4. The Kier molecular flexibility index (Phi) is 5.40. The Bertz CT molecular complexity index is 829. The number of carbonyl (C=O) groups is 2. The summed E-state index contributed by atoms with van der Waals surface area (Å²) in [7, 11) is 0. The average molecular weight is 350 g/mol. The molecule has 3 rings (SSSR count). The third-order valence-electron chi connectivity index (χ3n) is 4.95. The van der Waals surface area contributed by atoms with E-state index in [2.05, 4.69) is 12.2 Å². The second-order valence-electron chi connectivity index (χ2n) is 7.35. The van der Waals surface area contributed by atoms with Crippen molar-refractivity contribution in [1.82, 2.24) is 4.90 Å². The van der Waals surface area contributed by atoms with Crippen molar-refractivity contribution in [3.05, 3.63) is 64.7 Å². The largest absolute Gasteiger partial charge is 0.338 e. The number of amides is 2. The van der Waals surface area contributed by atoms with Gasteiger partial charge in [-0.1, -0.05) is 30.7 Å². The molecule has 4 heteroatoms. The van der Waals surface area contributed by atoms with Gasteiger partial charge in [-0.25, -0.2) is 0 Å². The number of likely N-dealkylation sites (tertiary alicyclic amines) is 1. The summed E-state index contributed by atoms with van der Waals surface area (Å²) in [5.41, 5.74) is 4.05. The molecule has 1 aliphatic heterocycles. The number of benzene rings is 2. The first kappa shape index (κ1) is 18.2. The van der Waals surface area contributed by atoms with Crippen LogP contribution < -0.4 is 5.32 Å². The third-order valence-corrected chi connectivity index (χ3v) is 4.95. The Morgan fingerprint density at radius 3 is 2.58 bits per heavy atom. The summed E-state index contributed by atoms with van der Waals surface area (Å²) >= 11 is 0. The monoisotopic (exact) mass is 350 g/mol. The number of rotatable bonds is 3. The Hall–Kier alpha value is -2.62. The highest BCUT2D eigenvalue weighted by Crippen LogP contribution is 2.20. The van der Waals surface area contributed by atoms with Gasteiger partial charge < -0.3 is 10.2 Å². The second kappa shape index (κ2) is 7.73. The third kappa shape index (κ3) is 4.13. The van der Waals surface area contributed by atoms with Gasteiger partial charge in [-0.15, -0.1) is 0 Å². The van der Waals surface area contributed by atoms with Crippen LogP contribution in [0.2, 0.25) is 0 Å². The summed E-state index contributed by atoms with van der Waals surface area (Å²) in [5.74, 6) is 0.347. The summed E-state index contributed by atoms with van der Waals surface area (Å²) in [6.07, 6.45) is 2.21. The molecule has 1 aliphatic rings. The zero-order valence-electron chi connectivity index (χ0n) is 15.7. The fourth-order valence-electron chi connectivity index (χ4n) is 3.50. The van der Waals surface area contributed by atoms with Gasteiger partial charge in [0.1, 0.15) is 0 Å². The minimum atomic E-state index is -0.196. The predicted molar refractivity (Wildman–Crippen MR) is 105 cm³/mol. The molecule has 4 nitrogen and oxygen atoms in total. The molecule has 26 heavy (non-hydrogen) atoms. The zero-order valence-corrected chi connectivity index (χ0v) is 15.7.